The number of carbonyl (C=O) groups excluding carboxylic acids is 1. The molecule has 1 amide bonds. The maximum atomic E-state index is 12.8. The summed E-state index contributed by atoms with van der Waals surface area (Å²) in [7, 11) is 2.18. The van der Waals surface area contributed by atoms with Gasteiger partial charge in [-0.3, -0.25) is 9.69 Å². The zero-order valence-electron chi connectivity index (χ0n) is 16.0. The molecule has 8 heteroatoms. The van der Waals surface area contributed by atoms with E-state index < -0.39 is 6.04 Å². The van der Waals surface area contributed by atoms with E-state index in [0.29, 0.717) is 12.5 Å². The molecule has 0 saturated carbocycles. The highest BCUT2D eigenvalue weighted by Gasteiger charge is 2.30. The minimum atomic E-state index is -0.505. The molecule has 0 spiro atoms. The number of piperidine rings is 1. The standard InChI is InChI=1S/C19H29N7O/c1-24-8-10-25(11-9-24)15-4-6-26(7-5-15)19(27)16(20)12-14-2-3-17-18(13-14)22-23-21-17/h2-3,13,15-16H,4-12,20H2,1H3,(H,21,22,23). The first-order chi connectivity index (χ1) is 13.1. The van der Waals surface area contributed by atoms with Crippen LogP contribution in [0, 0.1) is 0 Å². The Kier molecular flexibility index (Phi) is 5.38. The van der Waals surface area contributed by atoms with Crippen molar-refractivity contribution < 1.29 is 4.79 Å². The van der Waals surface area contributed by atoms with Gasteiger partial charge in [0, 0.05) is 45.3 Å². The monoisotopic (exact) mass is 371 g/mol. The number of carbonyl (C=O) groups is 1. The second-order valence-corrected chi connectivity index (χ2v) is 7.85. The molecule has 4 rings (SSSR count). The van der Waals surface area contributed by atoms with Crippen LogP contribution in [0.2, 0.25) is 0 Å². The number of benzene rings is 1. The van der Waals surface area contributed by atoms with Gasteiger partial charge in [-0.25, -0.2) is 0 Å². The molecule has 0 aliphatic carbocycles. The Balaban J connectivity index is 1.29. The summed E-state index contributed by atoms with van der Waals surface area (Å²) < 4.78 is 0. The topological polar surface area (TPSA) is 94.4 Å². The molecule has 2 saturated heterocycles. The summed E-state index contributed by atoms with van der Waals surface area (Å²) in [5.74, 6) is 0.0621. The van der Waals surface area contributed by atoms with E-state index in [1.807, 2.05) is 23.1 Å². The Morgan fingerprint density at radius 2 is 1.85 bits per heavy atom. The van der Waals surface area contributed by atoms with Crippen LogP contribution in [-0.4, -0.2) is 94.4 Å². The van der Waals surface area contributed by atoms with Gasteiger partial charge in [0.2, 0.25) is 5.91 Å². The van der Waals surface area contributed by atoms with E-state index in [-0.39, 0.29) is 5.91 Å². The average molecular weight is 371 g/mol. The fraction of sp³-hybridized carbons (Fsp3) is 0.632. The molecule has 3 N–H and O–H groups in total. The fourth-order valence-electron chi connectivity index (χ4n) is 4.23. The van der Waals surface area contributed by atoms with E-state index in [0.717, 1.165) is 68.7 Å². The molecule has 1 unspecified atom stereocenters. The van der Waals surface area contributed by atoms with Crippen LogP contribution in [-0.2, 0) is 11.2 Å². The van der Waals surface area contributed by atoms with E-state index in [4.69, 9.17) is 5.73 Å². The minimum absolute atomic E-state index is 0.0621. The first-order valence-corrected chi connectivity index (χ1v) is 9.86. The fourth-order valence-corrected chi connectivity index (χ4v) is 4.23. The number of rotatable bonds is 4. The van der Waals surface area contributed by atoms with Crippen molar-refractivity contribution in [3.8, 4) is 0 Å². The molecule has 8 nitrogen and oxygen atoms in total. The lowest BCUT2D eigenvalue weighted by molar-refractivity contribution is -0.134. The molecule has 27 heavy (non-hydrogen) atoms. The molecule has 1 aromatic heterocycles. The van der Waals surface area contributed by atoms with Crippen LogP contribution in [0.4, 0.5) is 0 Å². The smallest absolute Gasteiger partial charge is 0.239 e. The predicted octanol–water partition coefficient (Wildman–Crippen LogP) is 0.0661. The Morgan fingerprint density at radius 3 is 2.59 bits per heavy atom. The molecular formula is C19H29N7O. The highest BCUT2D eigenvalue weighted by molar-refractivity contribution is 5.82. The van der Waals surface area contributed by atoms with E-state index in [1.165, 1.54) is 0 Å². The highest BCUT2D eigenvalue weighted by atomic mass is 16.2. The van der Waals surface area contributed by atoms with Crippen molar-refractivity contribution >= 4 is 16.9 Å². The SMILES string of the molecule is CN1CCN(C2CCN(C(=O)C(N)Cc3ccc4n[nH]nc4c3)CC2)CC1. The lowest BCUT2D eigenvalue weighted by Gasteiger charge is -2.42. The first kappa shape index (κ1) is 18.3. The number of likely N-dealkylation sites (N-methyl/N-ethyl adjacent to an activating group) is 1. The molecule has 0 radical (unpaired) electrons. The summed E-state index contributed by atoms with van der Waals surface area (Å²) in [6.45, 7) is 6.18. The van der Waals surface area contributed by atoms with Gasteiger partial charge in [-0.1, -0.05) is 6.07 Å². The lowest BCUT2D eigenvalue weighted by Crippen LogP contribution is -2.54. The van der Waals surface area contributed by atoms with Crippen LogP contribution in [0.5, 0.6) is 0 Å². The van der Waals surface area contributed by atoms with Gasteiger partial charge in [0.1, 0.15) is 11.0 Å². The van der Waals surface area contributed by atoms with Crippen LogP contribution in [0.25, 0.3) is 11.0 Å². The summed E-state index contributed by atoms with van der Waals surface area (Å²) in [4.78, 5) is 19.7. The van der Waals surface area contributed by atoms with Crippen LogP contribution in [0.15, 0.2) is 18.2 Å². The van der Waals surface area contributed by atoms with Crippen LogP contribution in [0.3, 0.4) is 0 Å². The summed E-state index contributed by atoms with van der Waals surface area (Å²) in [5.41, 5.74) is 8.89. The van der Waals surface area contributed by atoms with E-state index in [9.17, 15) is 4.79 Å². The maximum absolute atomic E-state index is 12.8. The number of hydrogen-bond donors (Lipinski definition) is 2. The van der Waals surface area contributed by atoms with Crippen molar-refractivity contribution in [1.29, 1.82) is 0 Å². The number of nitrogens with two attached hydrogens (primary N) is 1. The van der Waals surface area contributed by atoms with Gasteiger partial charge in [0.25, 0.3) is 0 Å². The Bertz CT molecular complexity index is 775. The number of aromatic nitrogens is 3. The van der Waals surface area contributed by atoms with Crippen molar-refractivity contribution in [2.45, 2.75) is 31.3 Å². The van der Waals surface area contributed by atoms with Crippen molar-refractivity contribution in [3.63, 3.8) is 0 Å². The zero-order valence-corrected chi connectivity index (χ0v) is 16.0. The van der Waals surface area contributed by atoms with E-state index >= 15 is 0 Å². The van der Waals surface area contributed by atoms with Gasteiger partial charge in [-0.15, -0.1) is 0 Å². The Morgan fingerprint density at radius 1 is 1.15 bits per heavy atom. The molecule has 1 atom stereocenters. The highest BCUT2D eigenvalue weighted by Crippen LogP contribution is 2.19. The van der Waals surface area contributed by atoms with Gasteiger partial charge in [-0.2, -0.15) is 15.4 Å². The van der Waals surface area contributed by atoms with Crippen molar-refractivity contribution in [3.05, 3.63) is 23.8 Å². The van der Waals surface area contributed by atoms with Crippen molar-refractivity contribution in [2.24, 2.45) is 5.73 Å². The van der Waals surface area contributed by atoms with Crippen LogP contribution in [0.1, 0.15) is 18.4 Å². The van der Waals surface area contributed by atoms with Gasteiger partial charge in [-0.05, 0) is 44.0 Å². The number of likely N-dealkylation sites (tertiary alicyclic amines) is 1. The Hall–Kier alpha value is -2.03. The third-order valence-corrected chi connectivity index (χ3v) is 5.98. The van der Waals surface area contributed by atoms with Gasteiger partial charge >= 0.3 is 0 Å². The molecular weight excluding hydrogens is 342 g/mol. The minimum Gasteiger partial charge on any atom is -0.341 e. The third-order valence-electron chi connectivity index (χ3n) is 5.98. The van der Waals surface area contributed by atoms with E-state index in [2.05, 4.69) is 32.3 Å². The lowest BCUT2D eigenvalue weighted by atomic mass is 10.00. The quantitative estimate of drug-likeness (QED) is 0.790. The Labute approximate surface area is 159 Å². The number of aromatic amines is 1. The molecule has 146 valence electrons. The number of amides is 1. The molecule has 0 bridgehead atoms. The summed E-state index contributed by atoms with van der Waals surface area (Å²) in [5, 5.41) is 10.8. The van der Waals surface area contributed by atoms with Crippen molar-refractivity contribution in [2.75, 3.05) is 46.3 Å². The van der Waals surface area contributed by atoms with Crippen molar-refractivity contribution in [1.82, 2.24) is 30.1 Å². The largest absolute Gasteiger partial charge is 0.341 e. The third kappa shape index (κ3) is 4.12. The number of fused-ring (bicyclic) bond motifs is 1. The number of hydrogen-bond acceptors (Lipinski definition) is 6. The molecule has 2 fully saturated rings. The summed E-state index contributed by atoms with van der Waals surface area (Å²) in [6, 6.07) is 5.93. The summed E-state index contributed by atoms with van der Waals surface area (Å²) in [6.07, 6.45) is 2.63. The zero-order chi connectivity index (χ0) is 18.8. The van der Waals surface area contributed by atoms with Gasteiger partial charge < -0.3 is 15.5 Å². The van der Waals surface area contributed by atoms with Gasteiger partial charge in [0.15, 0.2) is 0 Å². The van der Waals surface area contributed by atoms with Crippen LogP contribution < -0.4 is 5.73 Å². The average Bonchev–Trinajstić information content (AvgIpc) is 3.16. The number of H-pyrrole nitrogens is 1. The van der Waals surface area contributed by atoms with E-state index in [1.54, 1.807) is 0 Å². The number of nitrogens with zero attached hydrogens (tertiary/aromatic N) is 5. The molecule has 2 aliphatic heterocycles. The molecule has 2 aliphatic rings. The number of piperazine rings is 1. The first-order valence-electron chi connectivity index (χ1n) is 9.86. The normalized spacial score (nSPS) is 21.6. The molecule has 1 aromatic carbocycles. The second kappa shape index (κ2) is 7.92. The summed E-state index contributed by atoms with van der Waals surface area (Å²) >= 11 is 0. The molecule has 3 heterocycles. The number of nitrogens with one attached hydrogen (secondary N) is 1. The predicted molar refractivity (Wildman–Crippen MR) is 104 cm³/mol. The maximum Gasteiger partial charge on any atom is 0.239 e. The molecule has 2 aromatic rings. The van der Waals surface area contributed by atoms with Gasteiger partial charge in [0.05, 0.1) is 6.04 Å². The second-order valence-electron chi connectivity index (χ2n) is 7.85. The van der Waals surface area contributed by atoms with Crippen LogP contribution >= 0.6 is 0 Å².